The number of hydrogen-bond donors (Lipinski definition) is 3. The maximum Gasteiger partial charge on any atom is 0.252 e. The van der Waals surface area contributed by atoms with Gasteiger partial charge in [0.15, 0.2) is 22.6 Å². The topological polar surface area (TPSA) is 149 Å². The van der Waals surface area contributed by atoms with E-state index in [1.807, 2.05) is 44.2 Å². The lowest BCUT2D eigenvalue weighted by molar-refractivity contribution is -0.129. The van der Waals surface area contributed by atoms with E-state index in [0.717, 1.165) is 5.56 Å². The number of nitrogen functional groups attached to an aromatic ring is 1. The quantitative estimate of drug-likeness (QED) is 0.333. The van der Waals surface area contributed by atoms with Crippen LogP contribution in [0.2, 0.25) is 0 Å². The van der Waals surface area contributed by atoms with Crippen LogP contribution in [-0.4, -0.2) is 52.0 Å². The fraction of sp³-hybridized carbons (Fsp3) is 0.346. The van der Waals surface area contributed by atoms with E-state index in [9.17, 15) is 9.90 Å². The first kappa shape index (κ1) is 23.2. The van der Waals surface area contributed by atoms with Crippen LogP contribution in [0.5, 0.6) is 0 Å². The van der Waals surface area contributed by atoms with Gasteiger partial charge < -0.3 is 20.6 Å². The van der Waals surface area contributed by atoms with E-state index in [2.05, 4.69) is 25.5 Å². The Labute approximate surface area is 212 Å². The Morgan fingerprint density at radius 2 is 1.92 bits per heavy atom. The zero-order valence-electron chi connectivity index (χ0n) is 20.6. The molecule has 4 heterocycles. The van der Waals surface area contributed by atoms with Crippen molar-refractivity contribution in [2.45, 2.75) is 56.7 Å². The minimum Gasteiger partial charge on any atom is -0.461 e. The molecule has 1 saturated carbocycles. The Kier molecular flexibility index (Phi) is 5.27. The van der Waals surface area contributed by atoms with Crippen molar-refractivity contribution in [1.29, 1.82) is 0 Å². The van der Waals surface area contributed by atoms with Crippen molar-refractivity contribution in [3.63, 3.8) is 0 Å². The molecule has 5 aromatic rings. The molecule has 4 aromatic heterocycles. The first-order chi connectivity index (χ1) is 17.8. The van der Waals surface area contributed by atoms with Gasteiger partial charge in [-0.1, -0.05) is 30.3 Å². The van der Waals surface area contributed by atoms with E-state index in [-0.39, 0.29) is 17.9 Å². The number of anilines is 1. The van der Waals surface area contributed by atoms with E-state index in [1.165, 1.54) is 4.52 Å². The van der Waals surface area contributed by atoms with E-state index in [4.69, 9.17) is 10.2 Å². The van der Waals surface area contributed by atoms with Crippen LogP contribution < -0.4 is 11.1 Å². The zero-order chi connectivity index (χ0) is 25.8. The van der Waals surface area contributed by atoms with Gasteiger partial charge in [-0.2, -0.15) is 14.6 Å². The molecule has 0 saturated heterocycles. The van der Waals surface area contributed by atoms with Gasteiger partial charge in [-0.05, 0) is 57.2 Å². The molecule has 11 heteroatoms. The molecule has 190 valence electrons. The number of nitrogens with two attached hydrogens (primary N) is 1. The molecule has 1 aliphatic rings. The normalized spacial score (nSPS) is 21.8. The number of rotatable bonds is 5. The highest BCUT2D eigenvalue weighted by Crippen LogP contribution is 2.33. The fourth-order valence-corrected chi connectivity index (χ4v) is 5.07. The standard InChI is InChI=1S/C26H28N8O3/c1-25(36)12-10-17(11-13-25)29-23(35)26(2,16-7-4-3-5-8-16)34-22-18(15-28-34)21-30-20(19-9-6-14-37-19)32-33(21)24(27)31-22/h3-9,14-15,17,36H,10-13H2,1-2H3,(H2,27,31)(H,29,35). The summed E-state index contributed by atoms with van der Waals surface area (Å²) in [7, 11) is 0. The summed E-state index contributed by atoms with van der Waals surface area (Å²) in [5.41, 5.74) is 6.00. The van der Waals surface area contributed by atoms with Crippen molar-refractivity contribution in [2.24, 2.45) is 0 Å². The highest BCUT2D eigenvalue weighted by atomic mass is 16.3. The Balaban J connectivity index is 1.46. The Morgan fingerprint density at radius 1 is 1.16 bits per heavy atom. The maximum absolute atomic E-state index is 14.0. The fourth-order valence-electron chi connectivity index (χ4n) is 5.07. The molecular weight excluding hydrogens is 472 g/mol. The Hall–Kier alpha value is -4.25. The summed E-state index contributed by atoms with van der Waals surface area (Å²) < 4.78 is 8.49. The summed E-state index contributed by atoms with van der Waals surface area (Å²) in [5.74, 6) is 0.771. The first-order valence-electron chi connectivity index (χ1n) is 12.3. The Bertz CT molecular complexity index is 1580. The van der Waals surface area contributed by atoms with Gasteiger partial charge in [-0.3, -0.25) is 4.79 Å². The highest BCUT2D eigenvalue weighted by molar-refractivity contribution is 5.94. The van der Waals surface area contributed by atoms with Crippen molar-refractivity contribution in [2.75, 3.05) is 5.73 Å². The number of carbonyl (C=O) groups is 1. The molecule has 1 atom stereocenters. The van der Waals surface area contributed by atoms with Gasteiger partial charge >= 0.3 is 0 Å². The molecular formula is C26H28N8O3. The summed E-state index contributed by atoms with van der Waals surface area (Å²) >= 11 is 0. The molecule has 0 spiro atoms. The molecule has 1 aliphatic carbocycles. The highest BCUT2D eigenvalue weighted by Gasteiger charge is 2.42. The van der Waals surface area contributed by atoms with Crippen molar-refractivity contribution < 1.29 is 14.3 Å². The molecule has 11 nitrogen and oxygen atoms in total. The van der Waals surface area contributed by atoms with Crippen LogP contribution in [0.25, 0.3) is 28.3 Å². The predicted octanol–water partition coefficient (Wildman–Crippen LogP) is 2.89. The second-order valence-electron chi connectivity index (χ2n) is 10.1. The average molecular weight is 501 g/mol. The van der Waals surface area contributed by atoms with Crippen LogP contribution in [0.15, 0.2) is 59.3 Å². The predicted molar refractivity (Wildman–Crippen MR) is 136 cm³/mol. The lowest BCUT2D eigenvalue weighted by Gasteiger charge is -2.36. The van der Waals surface area contributed by atoms with Crippen molar-refractivity contribution >= 4 is 28.5 Å². The van der Waals surface area contributed by atoms with Crippen LogP contribution >= 0.6 is 0 Å². The van der Waals surface area contributed by atoms with Crippen molar-refractivity contribution in [1.82, 2.24) is 34.7 Å². The summed E-state index contributed by atoms with van der Waals surface area (Å²) in [4.78, 5) is 23.2. The van der Waals surface area contributed by atoms with Gasteiger partial charge in [-0.25, -0.2) is 9.67 Å². The molecule has 0 aliphatic heterocycles. The monoisotopic (exact) mass is 500 g/mol. The van der Waals surface area contributed by atoms with Gasteiger partial charge in [0.1, 0.15) is 0 Å². The minimum atomic E-state index is -1.23. The molecule has 6 rings (SSSR count). The van der Waals surface area contributed by atoms with Crippen LogP contribution in [0.3, 0.4) is 0 Å². The molecule has 0 radical (unpaired) electrons. The molecule has 1 fully saturated rings. The van der Waals surface area contributed by atoms with Crippen LogP contribution in [0, 0.1) is 0 Å². The third-order valence-electron chi connectivity index (χ3n) is 7.37. The number of hydrogen-bond acceptors (Lipinski definition) is 8. The minimum absolute atomic E-state index is 0.0466. The number of nitrogens with one attached hydrogen (secondary N) is 1. The SMILES string of the molecule is CC1(O)CCC(NC(=O)C(C)(c2ccccc2)n2ncc3c2nc(N)n2nc(-c4ccco4)nc32)CC1. The van der Waals surface area contributed by atoms with Gasteiger partial charge in [-0.15, -0.1) is 5.10 Å². The zero-order valence-corrected chi connectivity index (χ0v) is 20.6. The lowest BCUT2D eigenvalue weighted by Crippen LogP contribution is -2.52. The smallest absolute Gasteiger partial charge is 0.252 e. The number of fused-ring (bicyclic) bond motifs is 3. The maximum atomic E-state index is 14.0. The third kappa shape index (κ3) is 3.82. The van der Waals surface area contributed by atoms with Crippen molar-refractivity contribution in [3.05, 3.63) is 60.5 Å². The second kappa shape index (κ2) is 8.41. The van der Waals surface area contributed by atoms with E-state index >= 15 is 0 Å². The van der Waals surface area contributed by atoms with Crippen LogP contribution in [0.1, 0.15) is 45.1 Å². The summed E-state index contributed by atoms with van der Waals surface area (Å²) in [6, 6.07) is 12.9. The van der Waals surface area contributed by atoms with Gasteiger partial charge in [0, 0.05) is 6.04 Å². The van der Waals surface area contributed by atoms with Crippen LogP contribution in [-0.2, 0) is 10.3 Å². The largest absolute Gasteiger partial charge is 0.461 e. The summed E-state index contributed by atoms with van der Waals surface area (Å²) in [6.07, 6.45) is 5.84. The molecule has 4 N–H and O–H groups in total. The van der Waals surface area contributed by atoms with Crippen molar-refractivity contribution in [3.8, 4) is 11.6 Å². The lowest BCUT2D eigenvalue weighted by atomic mass is 9.83. The summed E-state index contributed by atoms with van der Waals surface area (Å²) in [5, 5.41) is 23.2. The van der Waals surface area contributed by atoms with E-state index in [0.29, 0.717) is 53.9 Å². The number of nitrogens with zero attached hydrogens (tertiary/aromatic N) is 6. The molecule has 1 amide bonds. The Morgan fingerprint density at radius 3 is 2.62 bits per heavy atom. The van der Waals surface area contributed by atoms with Crippen LogP contribution in [0.4, 0.5) is 5.95 Å². The number of aliphatic hydroxyl groups is 1. The second-order valence-corrected chi connectivity index (χ2v) is 10.1. The molecule has 1 aromatic carbocycles. The molecule has 1 unspecified atom stereocenters. The first-order valence-corrected chi connectivity index (χ1v) is 12.3. The number of benzene rings is 1. The average Bonchev–Trinajstić information content (AvgIpc) is 3.65. The van der Waals surface area contributed by atoms with E-state index < -0.39 is 11.1 Å². The number of aromatic nitrogens is 6. The summed E-state index contributed by atoms with van der Waals surface area (Å²) in [6.45, 7) is 3.66. The number of amides is 1. The third-order valence-corrected chi connectivity index (χ3v) is 7.37. The molecule has 37 heavy (non-hydrogen) atoms. The number of furan rings is 1. The number of carbonyl (C=O) groups excluding carboxylic acids is 1. The van der Waals surface area contributed by atoms with Gasteiger partial charge in [0.2, 0.25) is 11.8 Å². The molecule has 0 bridgehead atoms. The van der Waals surface area contributed by atoms with Gasteiger partial charge in [0.25, 0.3) is 5.91 Å². The van der Waals surface area contributed by atoms with E-state index in [1.54, 1.807) is 29.3 Å². The van der Waals surface area contributed by atoms with Gasteiger partial charge in [0.05, 0.1) is 23.4 Å².